The van der Waals surface area contributed by atoms with E-state index in [-0.39, 0.29) is 0 Å². The molecule has 2 nitrogen and oxygen atoms in total. The van der Waals surface area contributed by atoms with Crippen molar-refractivity contribution in [1.82, 2.24) is 0 Å². The van der Waals surface area contributed by atoms with Crippen molar-refractivity contribution in [1.29, 1.82) is 0 Å². The third-order valence-electron chi connectivity index (χ3n) is 0.883. The van der Waals surface area contributed by atoms with Gasteiger partial charge in [0.25, 0.3) is 0 Å². The summed E-state index contributed by atoms with van der Waals surface area (Å²) in [4.78, 5) is 0. The molecule has 7 heavy (non-hydrogen) atoms. The molecule has 42 valence electrons. The Balaban J connectivity index is 2.14. The first-order valence-electron chi connectivity index (χ1n) is 2.37. The van der Waals surface area contributed by atoms with Crippen LogP contribution >= 0.6 is 11.8 Å². The molecule has 1 aliphatic heterocycles. The van der Waals surface area contributed by atoms with Gasteiger partial charge >= 0.3 is 0 Å². The molecule has 0 radical (unpaired) electrons. The quantitative estimate of drug-likeness (QED) is 0.529. The standard InChI is InChI=1S/C4H9NOS/c5-3-4-6-1-2-7-4/h4H,1-3,5H2. The van der Waals surface area contributed by atoms with Crippen LogP contribution < -0.4 is 5.73 Å². The molecular weight excluding hydrogens is 110 g/mol. The molecule has 1 atom stereocenters. The molecule has 0 spiro atoms. The van der Waals surface area contributed by atoms with E-state index in [0.29, 0.717) is 12.0 Å². The number of hydrogen-bond acceptors (Lipinski definition) is 3. The Morgan fingerprint density at radius 3 is 3.00 bits per heavy atom. The van der Waals surface area contributed by atoms with Gasteiger partial charge in [0.05, 0.1) is 6.61 Å². The van der Waals surface area contributed by atoms with Crippen LogP contribution in [0.15, 0.2) is 0 Å². The molecule has 1 unspecified atom stereocenters. The number of rotatable bonds is 1. The molecule has 1 heterocycles. The summed E-state index contributed by atoms with van der Waals surface area (Å²) in [5, 5.41) is 0. The summed E-state index contributed by atoms with van der Waals surface area (Å²) in [6, 6.07) is 0. The van der Waals surface area contributed by atoms with Crippen molar-refractivity contribution < 1.29 is 4.74 Å². The first kappa shape index (κ1) is 5.41. The Bertz CT molecular complexity index is 53.7. The molecule has 2 N–H and O–H groups in total. The lowest BCUT2D eigenvalue weighted by atomic mass is 10.7. The van der Waals surface area contributed by atoms with Gasteiger partial charge in [-0.05, 0) is 0 Å². The predicted molar refractivity (Wildman–Crippen MR) is 31.3 cm³/mol. The minimum Gasteiger partial charge on any atom is -0.365 e. The smallest absolute Gasteiger partial charge is 0.115 e. The van der Waals surface area contributed by atoms with Crippen molar-refractivity contribution in [2.24, 2.45) is 5.73 Å². The highest BCUT2D eigenvalue weighted by molar-refractivity contribution is 8.00. The molecular formula is C4H9NOS. The van der Waals surface area contributed by atoms with Gasteiger partial charge in [0.1, 0.15) is 5.44 Å². The fourth-order valence-corrected chi connectivity index (χ4v) is 1.33. The van der Waals surface area contributed by atoms with E-state index in [4.69, 9.17) is 10.5 Å². The van der Waals surface area contributed by atoms with E-state index >= 15 is 0 Å². The third-order valence-corrected chi connectivity index (χ3v) is 1.99. The zero-order valence-corrected chi connectivity index (χ0v) is 4.91. The lowest BCUT2D eigenvalue weighted by molar-refractivity contribution is 0.149. The second-order valence-electron chi connectivity index (χ2n) is 1.41. The van der Waals surface area contributed by atoms with Crippen molar-refractivity contribution in [3.63, 3.8) is 0 Å². The van der Waals surface area contributed by atoms with Crippen LogP contribution in [0.2, 0.25) is 0 Å². The van der Waals surface area contributed by atoms with Gasteiger partial charge in [-0.25, -0.2) is 0 Å². The molecule has 0 amide bonds. The van der Waals surface area contributed by atoms with Crippen molar-refractivity contribution in [2.75, 3.05) is 18.9 Å². The molecule has 0 saturated carbocycles. The highest BCUT2D eigenvalue weighted by Gasteiger charge is 2.12. The summed E-state index contributed by atoms with van der Waals surface area (Å²) >= 11 is 1.80. The number of thioether (sulfide) groups is 1. The lowest BCUT2D eigenvalue weighted by Gasteiger charge is -2.00. The molecule has 0 bridgehead atoms. The first-order valence-corrected chi connectivity index (χ1v) is 3.41. The van der Waals surface area contributed by atoms with Gasteiger partial charge in [-0.2, -0.15) is 0 Å². The van der Waals surface area contributed by atoms with Gasteiger partial charge in [-0.15, -0.1) is 11.8 Å². The van der Waals surface area contributed by atoms with Crippen LogP contribution in [0.5, 0.6) is 0 Å². The van der Waals surface area contributed by atoms with Crippen LogP contribution in [-0.2, 0) is 4.74 Å². The van der Waals surface area contributed by atoms with Crippen LogP contribution in [0.4, 0.5) is 0 Å². The molecule has 1 saturated heterocycles. The van der Waals surface area contributed by atoms with E-state index in [1.54, 1.807) is 11.8 Å². The average Bonchev–Trinajstić information content (AvgIpc) is 2.14. The van der Waals surface area contributed by atoms with Crippen LogP contribution in [-0.4, -0.2) is 24.3 Å². The van der Waals surface area contributed by atoms with Gasteiger partial charge in [0, 0.05) is 12.3 Å². The molecule has 1 fully saturated rings. The Kier molecular flexibility index (Phi) is 1.97. The highest BCUT2D eigenvalue weighted by Crippen LogP contribution is 2.17. The molecule has 0 aromatic rings. The van der Waals surface area contributed by atoms with E-state index in [1.807, 2.05) is 0 Å². The summed E-state index contributed by atoms with van der Waals surface area (Å²) < 4.78 is 5.14. The summed E-state index contributed by atoms with van der Waals surface area (Å²) in [6.07, 6.45) is 0. The molecule has 1 rings (SSSR count). The summed E-state index contributed by atoms with van der Waals surface area (Å²) in [6.45, 7) is 1.54. The van der Waals surface area contributed by atoms with Crippen LogP contribution in [0.3, 0.4) is 0 Å². The molecule has 0 aromatic heterocycles. The molecule has 3 heteroatoms. The van der Waals surface area contributed by atoms with Crippen molar-refractivity contribution in [3.8, 4) is 0 Å². The van der Waals surface area contributed by atoms with Gasteiger partial charge in [-0.3, -0.25) is 0 Å². The minimum atomic E-state index is 0.292. The maximum Gasteiger partial charge on any atom is 0.115 e. The predicted octanol–water partition coefficient (Wildman–Crippen LogP) is 0.0346. The fourth-order valence-electron chi connectivity index (χ4n) is 0.543. The fraction of sp³-hybridized carbons (Fsp3) is 1.00. The van der Waals surface area contributed by atoms with Crippen LogP contribution in [0.25, 0.3) is 0 Å². The van der Waals surface area contributed by atoms with Gasteiger partial charge in [-0.1, -0.05) is 0 Å². The normalized spacial score (nSPS) is 31.3. The monoisotopic (exact) mass is 119 g/mol. The average molecular weight is 119 g/mol. The second-order valence-corrected chi connectivity index (χ2v) is 2.67. The highest BCUT2D eigenvalue weighted by atomic mass is 32.2. The molecule has 1 aliphatic rings. The van der Waals surface area contributed by atoms with E-state index < -0.39 is 0 Å². The topological polar surface area (TPSA) is 35.2 Å². The number of ether oxygens (including phenoxy) is 1. The van der Waals surface area contributed by atoms with Gasteiger partial charge in [0.2, 0.25) is 0 Å². The molecule has 0 aliphatic carbocycles. The Morgan fingerprint density at radius 1 is 1.86 bits per heavy atom. The van der Waals surface area contributed by atoms with Crippen molar-refractivity contribution in [2.45, 2.75) is 5.44 Å². The lowest BCUT2D eigenvalue weighted by Crippen LogP contribution is -2.15. The summed E-state index contributed by atoms with van der Waals surface area (Å²) in [7, 11) is 0. The van der Waals surface area contributed by atoms with E-state index in [0.717, 1.165) is 12.4 Å². The SMILES string of the molecule is NCC1OCCS1. The third kappa shape index (κ3) is 1.33. The Hall–Kier alpha value is 0.270. The largest absolute Gasteiger partial charge is 0.365 e. The molecule has 0 aromatic carbocycles. The number of hydrogen-bond donors (Lipinski definition) is 1. The Labute approximate surface area is 47.4 Å². The minimum absolute atomic E-state index is 0.292. The first-order chi connectivity index (χ1) is 3.43. The van der Waals surface area contributed by atoms with Crippen molar-refractivity contribution in [3.05, 3.63) is 0 Å². The maximum absolute atomic E-state index is 5.29. The van der Waals surface area contributed by atoms with Crippen molar-refractivity contribution >= 4 is 11.8 Å². The zero-order valence-electron chi connectivity index (χ0n) is 4.09. The summed E-state index contributed by atoms with van der Waals surface area (Å²) in [5.74, 6) is 1.11. The maximum atomic E-state index is 5.29. The second kappa shape index (κ2) is 2.55. The van der Waals surface area contributed by atoms with Crippen LogP contribution in [0.1, 0.15) is 0 Å². The van der Waals surface area contributed by atoms with E-state index in [9.17, 15) is 0 Å². The van der Waals surface area contributed by atoms with E-state index in [2.05, 4.69) is 0 Å². The zero-order chi connectivity index (χ0) is 5.11. The number of nitrogens with two attached hydrogens (primary N) is 1. The van der Waals surface area contributed by atoms with Gasteiger partial charge < -0.3 is 10.5 Å². The van der Waals surface area contributed by atoms with Gasteiger partial charge in [0.15, 0.2) is 0 Å². The Morgan fingerprint density at radius 2 is 2.71 bits per heavy atom. The summed E-state index contributed by atoms with van der Waals surface area (Å²) in [5.41, 5.74) is 5.58. The van der Waals surface area contributed by atoms with Crippen LogP contribution in [0, 0.1) is 0 Å². The van der Waals surface area contributed by atoms with E-state index in [1.165, 1.54) is 0 Å².